The molecule has 2 heteroatoms. The van der Waals surface area contributed by atoms with Crippen molar-refractivity contribution < 1.29 is 4.74 Å². The predicted octanol–water partition coefficient (Wildman–Crippen LogP) is 5.03. The third-order valence-corrected chi connectivity index (χ3v) is 5.92. The SMILES string of the molecule is BrC1c2ccccc2CCC1CCCC1CCCO1. The van der Waals surface area contributed by atoms with Crippen molar-refractivity contribution in [3.63, 3.8) is 0 Å². The molecule has 3 unspecified atom stereocenters. The summed E-state index contributed by atoms with van der Waals surface area (Å²) in [4.78, 5) is 0.557. The second kappa shape index (κ2) is 6.41. The number of halogens is 1. The van der Waals surface area contributed by atoms with Gasteiger partial charge in [-0.3, -0.25) is 0 Å². The molecule has 1 nitrogen and oxygen atoms in total. The van der Waals surface area contributed by atoms with Crippen molar-refractivity contribution >= 4 is 15.9 Å². The van der Waals surface area contributed by atoms with Gasteiger partial charge in [0, 0.05) is 11.4 Å². The smallest absolute Gasteiger partial charge is 0.0576 e. The van der Waals surface area contributed by atoms with E-state index in [4.69, 9.17) is 4.74 Å². The molecule has 0 aromatic heterocycles. The number of alkyl halides is 1. The molecular formula is C17H23BrO. The topological polar surface area (TPSA) is 9.23 Å². The van der Waals surface area contributed by atoms with Gasteiger partial charge >= 0.3 is 0 Å². The first-order valence-corrected chi connectivity index (χ1v) is 8.59. The van der Waals surface area contributed by atoms with E-state index in [9.17, 15) is 0 Å². The molecule has 1 heterocycles. The van der Waals surface area contributed by atoms with Gasteiger partial charge in [0.2, 0.25) is 0 Å². The van der Waals surface area contributed by atoms with Crippen LogP contribution in [0, 0.1) is 5.92 Å². The van der Waals surface area contributed by atoms with Gasteiger partial charge in [0.1, 0.15) is 0 Å². The molecule has 19 heavy (non-hydrogen) atoms. The van der Waals surface area contributed by atoms with E-state index in [1.54, 1.807) is 5.56 Å². The summed E-state index contributed by atoms with van der Waals surface area (Å²) in [5.41, 5.74) is 3.07. The fourth-order valence-electron chi connectivity index (χ4n) is 3.54. The molecule has 3 atom stereocenters. The van der Waals surface area contributed by atoms with Gasteiger partial charge in [0.05, 0.1) is 6.10 Å². The number of ether oxygens (including phenoxy) is 1. The Morgan fingerprint density at radius 2 is 2.05 bits per heavy atom. The van der Waals surface area contributed by atoms with Crippen LogP contribution < -0.4 is 0 Å². The average Bonchev–Trinajstić information content (AvgIpc) is 2.95. The van der Waals surface area contributed by atoms with Gasteiger partial charge in [-0.15, -0.1) is 0 Å². The Balaban J connectivity index is 1.52. The van der Waals surface area contributed by atoms with Crippen LogP contribution in [-0.4, -0.2) is 12.7 Å². The third-order valence-electron chi connectivity index (χ3n) is 4.68. The van der Waals surface area contributed by atoms with E-state index in [2.05, 4.69) is 40.2 Å². The molecular weight excluding hydrogens is 300 g/mol. The van der Waals surface area contributed by atoms with Crippen LogP contribution in [0.15, 0.2) is 24.3 Å². The minimum absolute atomic E-state index is 0.557. The molecule has 0 saturated carbocycles. The quantitative estimate of drug-likeness (QED) is 0.706. The number of aryl methyl sites for hydroxylation is 1. The first kappa shape index (κ1) is 13.6. The second-order valence-electron chi connectivity index (χ2n) is 5.97. The molecule has 2 aliphatic rings. The fourth-order valence-corrected chi connectivity index (χ4v) is 4.52. The number of hydrogen-bond acceptors (Lipinski definition) is 1. The van der Waals surface area contributed by atoms with Crippen LogP contribution in [0.1, 0.15) is 54.5 Å². The highest BCUT2D eigenvalue weighted by Crippen LogP contribution is 2.42. The van der Waals surface area contributed by atoms with Gasteiger partial charge in [-0.2, -0.15) is 0 Å². The van der Waals surface area contributed by atoms with E-state index in [0.717, 1.165) is 12.5 Å². The standard InChI is InChI=1S/C17H23BrO/c18-17-14(6-3-7-15-8-4-12-19-15)11-10-13-5-1-2-9-16(13)17/h1-2,5,9,14-15,17H,3-4,6-8,10-12H2. The minimum Gasteiger partial charge on any atom is -0.378 e. The molecule has 1 aromatic rings. The monoisotopic (exact) mass is 322 g/mol. The molecule has 1 aliphatic heterocycles. The summed E-state index contributed by atoms with van der Waals surface area (Å²) in [7, 11) is 0. The Morgan fingerprint density at radius 3 is 2.89 bits per heavy atom. The lowest BCUT2D eigenvalue weighted by Gasteiger charge is -2.30. The van der Waals surface area contributed by atoms with Crippen molar-refractivity contribution in [3.05, 3.63) is 35.4 Å². The normalized spacial score (nSPS) is 30.3. The van der Waals surface area contributed by atoms with Crippen LogP contribution in [-0.2, 0) is 11.2 Å². The van der Waals surface area contributed by atoms with Crippen LogP contribution >= 0.6 is 15.9 Å². The van der Waals surface area contributed by atoms with Crippen LogP contribution in [0.3, 0.4) is 0 Å². The molecule has 1 aromatic carbocycles. The third kappa shape index (κ3) is 3.22. The average molecular weight is 323 g/mol. The van der Waals surface area contributed by atoms with E-state index in [0.29, 0.717) is 10.9 Å². The van der Waals surface area contributed by atoms with Gasteiger partial charge in [0.15, 0.2) is 0 Å². The van der Waals surface area contributed by atoms with Crippen LogP contribution in [0.4, 0.5) is 0 Å². The first-order valence-electron chi connectivity index (χ1n) is 7.68. The maximum Gasteiger partial charge on any atom is 0.0576 e. The lowest BCUT2D eigenvalue weighted by Crippen LogP contribution is -2.17. The highest BCUT2D eigenvalue weighted by atomic mass is 79.9. The van der Waals surface area contributed by atoms with Gasteiger partial charge in [-0.05, 0) is 55.6 Å². The van der Waals surface area contributed by atoms with E-state index in [1.807, 2.05) is 0 Å². The number of benzene rings is 1. The van der Waals surface area contributed by atoms with Gasteiger partial charge in [0.25, 0.3) is 0 Å². The summed E-state index contributed by atoms with van der Waals surface area (Å²) in [6, 6.07) is 8.91. The lowest BCUT2D eigenvalue weighted by atomic mass is 9.81. The highest BCUT2D eigenvalue weighted by molar-refractivity contribution is 9.09. The number of fused-ring (bicyclic) bond motifs is 1. The maximum atomic E-state index is 5.71. The Morgan fingerprint density at radius 1 is 1.16 bits per heavy atom. The lowest BCUT2D eigenvalue weighted by molar-refractivity contribution is 0.100. The number of rotatable bonds is 4. The van der Waals surface area contributed by atoms with Crippen molar-refractivity contribution in [3.8, 4) is 0 Å². The zero-order valence-corrected chi connectivity index (χ0v) is 13.1. The minimum atomic E-state index is 0.557. The van der Waals surface area contributed by atoms with Gasteiger partial charge in [-0.25, -0.2) is 0 Å². The Kier molecular flexibility index (Phi) is 4.60. The molecule has 1 aliphatic carbocycles. The van der Waals surface area contributed by atoms with E-state index >= 15 is 0 Å². The number of hydrogen-bond donors (Lipinski definition) is 0. The molecule has 0 spiro atoms. The Labute approximate surface area is 124 Å². The molecule has 104 valence electrons. The maximum absolute atomic E-state index is 5.71. The van der Waals surface area contributed by atoms with Crippen LogP contribution in [0.2, 0.25) is 0 Å². The van der Waals surface area contributed by atoms with Crippen molar-refractivity contribution in [1.82, 2.24) is 0 Å². The molecule has 0 N–H and O–H groups in total. The van der Waals surface area contributed by atoms with Gasteiger partial charge < -0.3 is 4.74 Å². The van der Waals surface area contributed by atoms with Crippen LogP contribution in [0.5, 0.6) is 0 Å². The highest BCUT2D eigenvalue weighted by Gasteiger charge is 2.27. The summed E-state index contributed by atoms with van der Waals surface area (Å²) in [6.45, 7) is 0.989. The molecule has 0 radical (unpaired) electrons. The first-order chi connectivity index (χ1) is 9.34. The molecule has 3 rings (SSSR count). The fraction of sp³-hybridized carbons (Fsp3) is 0.647. The zero-order valence-electron chi connectivity index (χ0n) is 11.5. The van der Waals surface area contributed by atoms with Crippen LogP contribution in [0.25, 0.3) is 0 Å². The summed E-state index contributed by atoms with van der Waals surface area (Å²) in [5.74, 6) is 0.802. The van der Waals surface area contributed by atoms with Crippen molar-refractivity contribution in [2.24, 2.45) is 5.92 Å². The predicted molar refractivity (Wildman–Crippen MR) is 82.7 cm³/mol. The summed E-state index contributed by atoms with van der Waals surface area (Å²) in [5, 5.41) is 0. The van der Waals surface area contributed by atoms with Crippen molar-refractivity contribution in [2.45, 2.75) is 55.9 Å². The van der Waals surface area contributed by atoms with E-state index < -0.39 is 0 Å². The molecule has 0 amide bonds. The molecule has 0 bridgehead atoms. The zero-order chi connectivity index (χ0) is 13.1. The summed E-state index contributed by atoms with van der Waals surface area (Å²) >= 11 is 3.94. The second-order valence-corrected chi connectivity index (χ2v) is 6.95. The van der Waals surface area contributed by atoms with Crippen molar-refractivity contribution in [1.29, 1.82) is 0 Å². The van der Waals surface area contributed by atoms with E-state index in [1.165, 1.54) is 50.5 Å². The van der Waals surface area contributed by atoms with E-state index in [-0.39, 0.29) is 0 Å². The largest absolute Gasteiger partial charge is 0.378 e. The Hall–Kier alpha value is -0.340. The summed E-state index contributed by atoms with van der Waals surface area (Å²) in [6.07, 6.45) is 9.61. The van der Waals surface area contributed by atoms with Crippen molar-refractivity contribution in [2.75, 3.05) is 6.61 Å². The Bertz CT molecular complexity index is 411. The molecule has 1 fully saturated rings. The summed E-state index contributed by atoms with van der Waals surface area (Å²) < 4.78 is 5.71. The van der Waals surface area contributed by atoms with Gasteiger partial charge in [-0.1, -0.05) is 46.6 Å². The molecule has 1 saturated heterocycles.